The molecule has 0 spiro atoms. The monoisotopic (exact) mass is 416 g/mol. The van der Waals surface area contributed by atoms with E-state index >= 15 is 0 Å². The van der Waals surface area contributed by atoms with Gasteiger partial charge in [-0.15, -0.1) is 16.4 Å². The second-order valence-electron chi connectivity index (χ2n) is 6.24. The molecule has 0 aliphatic carbocycles. The summed E-state index contributed by atoms with van der Waals surface area (Å²) < 4.78 is 5.63. The van der Waals surface area contributed by atoms with Crippen LogP contribution in [0.25, 0.3) is 11.3 Å². The van der Waals surface area contributed by atoms with Crippen molar-refractivity contribution >= 4 is 34.5 Å². The highest BCUT2D eigenvalue weighted by atomic mass is 35.5. The third-order valence-corrected chi connectivity index (χ3v) is 6.23. The van der Waals surface area contributed by atoms with Crippen molar-refractivity contribution in [3.63, 3.8) is 0 Å². The Balaban J connectivity index is 1.98. The van der Waals surface area contributed by atoms with Crippen LogP contribution < -0.4 is 10.5 Å². The number of halogens is 2. The van der Waals surface area contributed by atoms with Crippen LogP contribution in [0.1, 0.15) is 26.8 Å². The van der Waals surface area contributed by atoms with Gasteiger partial charge in [-0.25, -0.2) is 0 Å². The van der Waals surface area contributed by atoms with Crippen molar-refractivity contribution in [2.24, 2.45) is 5.73 Å². The zero-order valence-electron chi connectivity index (χ0n) is 14.4. The molecule has 8 heteroatoms. The summed E-state index contributed by atoms with van der Waals surface area (Å²) in [4.78, 5) is 2.33. The van der Waals surface area contributed by atoms with Gasteiger partial charge in [0.25, 0.3) is 0 Å². The maximum atomic E-state index is 9.74. The zero-order chi connectivity index (χ0) is 19.3. The van der Waals surface area contributed by atoms with Crippen LogP contribution in [0.5, 0.6) is 5.88 Å². The van der Waals surface area contributed by atoms with Crippen LogP contribution in [0, 0.1) is 25.2 Å². The molecule has 3 N–H and O–H groups in total. The average molecular weight is 417 g/mol. The van der Waals surface area contributed by atoms with Gasteiger partial charge in [0.05, 0.1) is 27.2 Å². The number of aromatic nitrogens is 2. The van der Waals surface area contributed by atoms with Crippen molar-refractivity contribution in [1.82, 2.24) is 10.2 Å². The summed E-state index contributed by atoms with van der Waals surface area (Å²) in [6.45, 7) is 4.10. The summed E-state index contributed by atoms with van der Waals surface area (Å²) in [5, 5.41) is 17.9. The van der Waals surface area contributed by atoms with Crippen molar-refractivity contribution in [3.05, 3.63) is 66.6 Å². The minimum absolute atomic E-state index is 0.0392. The Kier molecular flexibility index (Phi) is 4.39. The molecular weight excluding hydrogens is 403 g/mol. The van der Waals surface area contributed by atoms with E-state index in [0.717, 1.165) is 27.3 Å². The number of nitrogens with zero attached hydrogens (tertiary/aromatic N) is 2. The molecule has 136 valence electrons. The number of allylic oxidation sites excluding steroid dienone is 1. The molecule has 27 heavy (non-hydrogen) atoms. The molecule has 0 saturated heterocycles. The van der Waals surface area contributed by atoms with Crippen LogP contribution in [0.4, 0.5) is 0 Å². The number of ether oxygens (including phenoxy) is 1. The Bertz CT molecular complexity index is 1140. The second-order valence-corrected chi connectivity index (χ2v) is 8.52. The summed E-state index contributed by atoms with van der Waals surface area (Å²) >= 11 is 14.0. The highest BCUT2D eigenvalue weighted by molar-refractivity contribution is 7.12. The van der Waals surface area contributed by atoms with Gasteiger partial charge in [0, 0.05) is 15.3 Å². The Morgan fingerprint density at radius 2 is 2.04 bits per heavy atom. The second kappa shape index (κ2) is 6.61. The fourth-order valence-electron chi connectivity index (χ4n) is 3.35. The molecule has 1 aliphatic heterocycles. The quantitative estimate of drug-likeness (QED) is 0.594. The van der Waals surface area contributed by atoms with E-state index in [1.807, 2.05) is 13.0 Å². The van der Waals surface area contributed by atoms with Gasteiger partial charge in [-0.05, 0) is 37.6 Å². The lowest BCUT2D eigenvalue weighted by molar-refractivity contribution is 0.379. The molecule has 4 rings (SSSR count). The van der Waals surface area contributed by atoms with E-state index in [0.29, 0.717) is 21.5 Å². The molecule has 2 aromatic heterocycles. The van der Waals surface area contributed by atoms with Crippen molar-refractivity contribution in [2.45, 2.75) is 19.8 Å². The number of hydrogen-bond acceptors (Lipinski definition) is 5. The van der Waals surface area contributed by atoms with Gasteiger partial charge in [0.2, 0.25) is 11.8 Å². The number of nitrogens with two attached hydrogens (primary N) is 1. The molecule has 0 amide bonds. The summed E-state index contributed by atoms with van der Waals surface area (Å²) in [6, 6.07) is 9.56. The summed E-state index contributed by atoms with van der Waals surface area (Å²) in [6.07, 6.45) is 0. The topological polar surface area (TPSA) is 87.7 Å². The number of nitriles is 1. The van der Waals surface area contributed by atoms with Gasteiger partial charge in [-0.3, -0.25) is 5.10 Å². The molecule has 3 aromatic rings. The molecule has 3 heterocycles. The summed E-state index contributed by atoms with van der Waals surface area (Å²) in [5.41, 5.74) is 9.71. The maximum absolute atomic E-state index is 9.74. The molecule has 0 bridgehead atoms. The van der Waals surface area contributed by atoms with Crippen molar-refractivity contribution < 1.29 is 4.74 Å². The van der Waals surface area contributed by atoms with Crippen LogP contribution in [0.3, 0.4) is 0 Å². The molecule has 0 unspecified atom stereocenters. The largest absolute Gasteiger partial charge is 0.420 e. The Morgan fingerprint density at radius 3 is 2.67 bits per heavy atom. The molecule has 0 fully saturated rings. The predicted molar refractivity (Wildman–Crippen MR) is 107 cm³/mol. The fraction of sp³-hybridized carbons (Fsp3) is 0.158. The van der Waals surface area contributed by atoms with Gasteiger partial charge in [0.1, 0.15) is 11.6 Å². The molecule has 1 aromatic carbocycles. The Labute approximate surface area is 170 Å². The third-order valence-electron chi connectivity index (χ3n) is 4.53. The number of H-pyrrole nitrogens is 1. The van der Waals surface area contributed by atoms with E-state index in [-0.39, 0.29) is 5.88 Å². The summed E-state index contributed by atoms with van der Waals surface area (Å²) in [5.74, 6) is -0.0555. The lowest BCUT2D eigenvalue weighted by atomic mass is 9.83. The van der Waals surface area contributed by atoms with Crippen LogP contribution >= 0.6 is 34.5 Å². The number of benzene rings is 1. The zero-order valence-corrected chi connectivity index (χ0v) is 16.8. The van der Waals surface area contributed by atoms with Crippen LogP contribution in [-0.2, 0) is 0 Å². The highest BCUT2D eigenvalue weighted by Gasteiger charge is 2.36. The smallest absolute Gasteiger partial charge is 0.244 e. The molecular formula is C19H14Cl2N4OS. The van der Waals surface area contributed by atoms with Gasteiger partial charge < -0.3 is 10.5 Å². The average Bonchev–Trinajstić information content (AvgIpc) is 3.18. The first-order valence-electron chi connectivity index (χ1n) is 8.09. The van der Waals surface area contributed by atoms with Crippen molar-refractivity contribution in [2.75, 3.05) is 0 Å². The van der Waals surface area contributed by atoms with Gasteiger partial charge in [0.15, 0.2) is 0 Å². The van der Waals surface area contributed by atoms with Crippen LogP contribution in [0.15, 0.2) is 35.7 Å². The molecule has 5 nitrogen and oxygen atoms in total. The van der Waals surface area contributed by atoms with E-state index in [2.05, 4.69) is 29.3 Å². The van der Waals surface area contributed by atoms with Gasteiger partial charge in [-0.1, -0.05) is 29.3 Å². The Hall–Kier alpha value is -2.46. The number of hydrogen-bond donors (Lipinski definition) is 2. The van der Waals surface area contributed by atoms with E-state index in [1.54, 1.807) is 23.5 Å². The number of rotatable bonds is 2. The number of thiophene rings is 1. The standard InChI is InChI=1S/C19H14Cl2N4OS/c1-8-5-11(9(2)27-8)17-16-15(10-3-4-13(20)14(21)6-10)12(7-22)18(23)26-19(16)25-24-17/h3-6,15H,23H2,1-2H3,(H,24,25)/t15-/m1/s1. The SMILES string of the molecule is Cc1cc(-c2[nH]nc3c2[C@H](c2ccc(Cl)c(Cl)c2)C(C#N)=C(N)O3)c(C)s1. The molecule has 0 saturated carbocycles. The van der Waals surface area contributed by atoms with Crippen molar-refractivity contribution in [3.8, 4) is 23.2 Å². The summed E-state index contributed by atoms with van der Waals surface area (Å²) in [7, 11) is 0. The third kappa shape index (κ3) is 2.88. The maximum Gasteiger partial charge on any atom is 0.244 e. The van der Waals surface area contributed by atoms with Crippen molar-refractivity contribution in [1.29, 1.82) is 5.26 Å². The molecule has 1 atom stereocenters. The Morgan fingerprint density at radius 1 is 1.26 bits per heavy atom. The molecule has 0 radical (unpaired) electrons. The molecule has 1 aliphatic rings. The lowest BCUT2D eigenvalue weighted by Gasteiger charge is -2.24. The van der Waals surface area contributed by atoms with Crippen LogP contribution in [-0.4, -0.2) is 10.2 Å². The van der Waals surface area contributed by atoms with E-state index in [4.69, 9.17) is 33.7 Å². The van der Waals surface area contributed by atoms with E-state index in [1.165, 1.54) is 4.88 Å². The first-order valence-corrected chi connectivity index (χ1v) is 9.66. The van der Waals surface area contributed by atoms with Gasteiger partial charge >= 0.3 is 0 Å². The minimum atomic E-state index is -0.457. The van der Waals surface area contributed by atoms with Crippen LogP contribution in [0.2, 0.25) is 10.0 Å². The number of aryl methyl sites for hydroxylation is 2. The predicted octanol–water partition coefficient (Wildman–Crippen LogP) is 5.28. The first-order chi connectivity index (χ1) is 12.9. The highest BCUT2D eigenvalue weighted by Crippen LogP contribution is 2.47. The first kappa shape index (κ1) is 17.9. The minimum Gasteiger partial charge on any atom is -0.420 e. The van der Waals surface area contributed by atoms with E-state index < -0.39 is 5.92 Å². The van der Waals surface area contributed by atoms with Gasteiger partial charge in [-0.2, -0.15) is 5.26 Å². The number of nitrogens with one attached hydrogen (secondary N) is 1. The number of aromatic amines is 1. The lowest BCUT2D eigenvalue weighted by Crippen LogP contribution is -2.21. The fourth-order valence-corrected chi connectivity index (χ4v) is 4.59. The normalized spacial score (nSPS) is 16.0. The van der Waals surface area contributed by atoms with E-state index in [9.17, 15) is 5.26 Å². The number of fused-ring (bicyclic) bond motifs is 1.